The predicted octanol–water partition coefficient (Wildman–Crippen LogP) is 7.41. The fourth-order valence-corrected chi connectivity index (χ4v) is 3.91. The number of aryl methyl sites for hydroxylation is 2. The number of halogens is 4. The molecule has 3 aromatic carbocycles. The molecule has 3 rings (SSSR count). The lowest BCUT2D eigenvalue weighted by Crippen LogP contribution is -2.31. The van der Waals surface area contributed by atoms with Crippen LogP contribution in [-0.2, 0) is 12.6 Å². The monoisotopic (exact) mass is 472 g/mol. The van der Waals surface area contributed by atoms with Crippen molar-refractivity contribution < 1.29 is 13.2 Å². The van der Waals surface area contributed by atoms with E-state index >= 15 is 0 Å². The van der Waals surface area contributed by atoms with Gasteiger partial charge in [0.2, 0.25) is 0 Å². The smallest absolute Gasteiger partial charge is 0.390 e. The van der Waals surface area contributed by atoms with Gasteiger partial charge in [-0.25, -0.2) is 0 Å². The van der Waals surface area contributed by atoms with Crippen LogP contribution in [0.3, 0.4) is 0 Å². The van der Waals surface area contributed by atoms with Crippen molar-refractivity contribution in [1.82, 2.24) is 10.6 Å². The first-order valence-electron chi connectivity index (χ1n) is 10.8. The zero-order chi connectivity index (χ0) is 24.0. The van der Waals surface area contributed by atoms with Crippen molar-refractivity contribution in [2.45, 2.75) is 38.0 Å². The topological polar surface area (TPSA) is 24.1 Å². The molecule has 0 aromatic heterocycles. The minimum absolute atomic E-state index is 0.0708. The lowest BCUT2D eigenvalue weighted by atomic mass is 9.94. The van der Waals surface area contributed by atoms with Crippen LogP contribution in [0.2, 0.25) is 5.02 Å². The second-order valence-corrected chi connectivity index (χ2v) is 8.49. The molecule has 0 aliphatic carbocycles. The largest absolute Gasteiger partial charge is 0.416 e. The SMILES string of the molecule is C=C(NC)C(N[C@H](CCc1ccc(C(F)(F)F)cc1)c1ccc(Cl)c(C)c1)c1ccccc1. The van der Waals surface area contributed by atoms with Crippen LogP contribution in [-0.4, -0.2) is 7.05 Å². The van der Waals surface area contributed by atoms with Crippen LogP contribution in [0.1, 0.15) is 46.3 Å². The number of hydrogen-bond acceptors (Lipinski definition) is 2. The number of benzene rings is 3. The molecule has 33 heavy (non-hydrogen) atoms. The summed E-state index contributed by atoms with van der Waals surface area (Å²) >= 11 is 6.25. The molecular weight excluding hydrogens is 445 g/mol. The van der Waals surface area contributed by atoms with E-state index in [1.165, 1.54) is 0 Å². The third-order valence-corrected chi connectivity index (χ3v) is 6.18. The summed E-state index contributed by atoms with van der Waals surface area (Å²) < 4.78 is 38.7. The summed E-state index contributed by atoms with van der Waals surface area (Å²) in [5.41, 5.74) is 4.15. The van der Waals surface area contributed by atoms with Crippen molar-refractivity contribution in [2.75, 3.05) is 7.05 Å². The number of hydrogen-bond donors (Lipinski definition) is 2. The lowest BCUT2D eigenvalue weighted by Gasteiger charge is -2.28. The number of likely N-dealkylation sites (N-methyl/N-ethyl adjacent to an activating group) is 1. The van der Waals surface area contributed by atoms with Gasteiger partial charge in [0, 0.05) is 23.8 Å². The fourth-order valence-electron chi connectivity index (χ4n) is 3.79. The van der Waals surface area contributed by atoms with Crippen molar-refractivity contribution >= 4 is 11.6 Å². The highest BCUT2D eigenvalue weighted by atomic mass is 35.5. The van der Waals surface area contributed by atoms with Crippen molar-refractivity contribution in [1.29, 1.82) is 0 Å². The average molecular weight is 473 g/mol. The highest BCUT2D eigenvalue weighted by Gasteiger charge is 2.30. The summed E-state index contributed by atoms with van der Waals surface area (Å²) in [7, 11) is 1.84. The van der Waals surface area contributed by atoms with Gasteiger partial charge >= 0.3 is 6.18 Å². The third-order valence-electron chi connectivity index (χ3n) is 5.76. The third kappa shape index (κ3) is 6.62. The Kier molecular flexibility index (Phi) is 8.22. The van der Waals surface area contributed by atoms with E-state index in [9.17, 15) is 13.2 Å². The molecule has 0 radical (unpaired) electrons. The Labute approximate surface area is 198 Å². The molecule has 6 heteroatoms. The van der Waals surface area contributed by atoms with E-state index < -0.39 is 11.7 Å². The molecule has 0 saturated carbocycles. The molecule has 174 valence electrons. The van der Waals surface area contributed by atoms with E-state index in [1.807, 2.05) is 56.4 Å². The van der Waals surface area contributed by atoms with Gasteiger partial charge in [0.15, 0.2) is 0 Å². The van der Waals surface area contributed by atoms with Gasteiger partial charge in [-0.3, -0.25) is 5.32 Å². The standard InChI is InChI=1S/C27H28ClF3N2/c1-18-17-22(12-15-24(18)28)25(16-11-20-9-13-23(14-10-20)27(29,30)31)33-26(19(2)32-3)21-7-5-4-6-8-21/h4-10,12-15,17,25-26,32-33H,2,11,16H2,1,3H3/t25-,26?/m1/s1. The van der Waals surface area contributed by atoms with E-state index in [4.69, 9.17) is 11.6 Å². The van der Waals surface area contributed by atoms with Crippen LogP contribution < -0.4 is 10.6 Å². The molecule has 0 bridgehead atoms. The van der Waals surface area contributed by atoms with Crippen molar-refractivity contribution in [3.05, 3.63) is 118 Å². The highest BCUT2D eigenvalue weighted by molar-refractivity contribution is 6.31. The predicted molar refractivity (Wildman–Crippen MR) is 129 cm³/mol. The second kappa shape index (κ2) is 10.9. The van der Waals surface area contributed by atoms with E-state index in [1.54, 1.807) is 12.1 Å². The van der Waals surface area contributed by atoms with Gasteiger partial charge in [-0.2, -0.15) is 13.2 Å². The van der Waals surface area contributed by atoms with Crippen LogP contribution in [0.25, 0.3) is 0 Å². The summed E-state index contributed by atoms with van der Waals surface area (Å²) in [6, 6.07) is 21.1. The molecule has 2 atom stereocenters. The van der Waals surface area contributed by atoms with E-state index in [0.717, 1.165) is 40.1 Å². The Bertz CT molecular complexity index is 1060. The quantitative estimate of drug-likeness (QED) is 0.339. The summed E-state index contributed by atoms with van der Waals surface area (Å²) in [4.78, 5) is 0. The zero-order valence-corrected chi connectivity index (χ0v) is 19.5. The Morgan fingerprint density at radius 3 is 2.21 bits per heavy atom. The first-order valence-corrected chi connectivity index (χ1v) is 11.2. The average Bonchev–Trinajstić information content (AvgIpc) is 2.81. The van der Waals surface area contributed by atoms with Gasteiger partial charge in [-0.1, -0.05) is 72.8 Å². The van der Waals surface area contributed by atoms with Crippen LogP contribution >= 0.6 is 11.6 Å². The molecule has 2 N–H and O–H groups in total. The maximum Gasteiger partial charge on any atom is 0.416 e. The van der Waals surface area contributed by atoms with Crippen LogP contribution in [0.4, 0.5) is 13.2 Å². The van der Waals surface area contributed by atoms with Gasteiger partial charge in [-0.05, 0) is 60.2 Å². The molecule has 0 spiro atoms. The Balaban J connectivity index is 1.87. The normalized spacial score (nSPS) is 13.4. The van der Waals surface area contributed by atoms with Crippen molar-refractivity contribution in [3.8, 4) is 0 Å². The lowest BCUT2D eigenvalue weighted by molar-refractivity contribution is -0.137. The van der Waals surface area contributed by atoms with Gasteiger partial charge in [0.25, 0.3) is 0 Å². The minimum Gasteiger partial charge on any atom is -0.390 e. The van der Waals surface area contributed by atoms with Gasteiger partial charge < -0.3 is 5.32 Å². The number of alkyl halides is 3. The van der Waals surface area contributed by atoms with Gasteiger partial charge in [0.1, 0.15) is 0 Å². The van der Waals surface area contributed by atoms with Crippen molar-refractivity contribution in [2.24, 2.45) is 0 Å². The van der Waals surface area contributed by atoms with E-state index in [0.29, 0.717) is 17.9 Å². The molecule has 0 amide bonds. The highest BCUT2D eigenvalue weighted by Crippen LogP contribution is 2.31. The minimum atomic E-state index is -4.33. The molecular formula is C27H28ClF3N2. The zero-order valence-electron chi connectivity index (χ0n) is 18.7. The fraction of sp³-hybridized carbons (Fsp3) is 0.259. The molecule has 0 saturated heterocycles. The first-order chi connectivity index (χ1) is 15.7. The molecule has 1 unspecified atom stereocenters. The summed E-state index contributed by atoms with van der Waals surface area (Å²) in [5.74, 6) is 0. The maximum absolute atomic E-state index is 12.9. The van der Waals surface area contributed by atoms with Gasteiger partial charge in [-0.15, -0.1) is 0 Å². The van der Waals surface area contributed by atoms with E-state index in [2.05, 4.69) is 23.3 Å². The molecule has 0 aliphatic rings. The van der Waals surface area contributed by atoms with Gasteiger partial charge in [0.05, 0.1) is 11.6 Å². The number of rotatable bonds is 9. The molecule has 0 aliphatic heterocycles. The first kappa shape index (κ1) is 24.9. The molecule has 3 aromatic rings. The second-order valence-electron chi connectivity index (χ2n) is 8.08. The van der Waals surface area contributed by atoms with Crippen LogP contribution in [0.5, 0.6) is 0 Å². The summed E-state index contributed by atoms with van der Waals surface area (Å²) in [6.45, 7) is 6.14. The van der Waals surface area contributed by atoms with E-state index in [-0.39, 0.29) is 12.1 Å². The molecule has 2 nitrogen and oxygen atoms in total. The van der Waals surface area contributed by atoms with Crippen molar-refractivity contribution in [3.63, 3.8) is 0 Å². The maximum atomic E-state index is 12.9. The summed E-state index contributed by atoms with van der Waals surface area (Å²) in [5, 5.41) is 7.55. The molecule has 0 fully saturated rings. The number of nitrogens with one attached hydrogen (secondary N) is 2. The Morgan fingerprint density at radius 1 is 0.970 bits per heavy atom. The Hall–Kier alpha value is -2.76. The Morgan fingerprint density at radius 2 is 1.64 bits per heavy atom. The molecule has 0 heterocycles. The van der Waals surface area contributed by atoms with Crippen LogP contribution in [0.15, 0.2) is 85.1 Å². The summed E-state index contributed by atoms with van der Waals surface area (Å²) in [6.07, 6.45) is -3.03. The van der Waals surface area contributed by atoms with Crippen LogP contribution in [0, 0.1) is 6.92 Å².